The topological polar surface area (TPSA) is 52.7 Å². The van der Waals surface area contributed by atoms with E-state index < -0.39 is 0 Å². The molecule has 1 fully saturated rings. The Bertz CT molecular complexity index is 734. The standard InChI is InChI=1S/C26H43N3O2/c1-8-20(9-2)26(31)29(19(5)18(3)4)17-22-16-23(14-15-24(22)28(6)7)27-25(30)21-12-10-11-13-21/h14-16,18-21H,8-13,17H2,1-7H3,(H,27,30)/t19-/m0/s1. The monoisotopic (exact) mass is 429 g/mol. The molecule has 5 nitrogen and oxygen atoms in total. The summed E-state index contributed by atoms with van der Waals surface area (Å²) in [6.07, 6.45) is 5.96. The summed E-state index contributed by atoms with van der Waals surface area (Å²) < 4.78 is 0. The molecule has 2 amide bonds. The second kappa shape index (κ2) is 11.5. The number of carbonyl (C=O) groups excluding carboxylic acids is 2. The van der Waals surface area contributed by atoms with E-state index in [0.717, 1.165) is 55.5 Å². The Balaban J connectivity index is 2.34. The Morgan fingerprint density at radius 2 is 1.68 bits per heavy atom. The molecule has 0 unspecified atom stereocenters. The van der Waals surface area contributed by atoms with Crippen LogP contribution in [-0.4, -0.2) is 36.9 Å². The van der Waals surface area contributed by atoms with Gasteiger partial charge >= 0.3 is 0 Å². The third-order valence-corrected chi connectivity index (χ3v) is 6.97. The lowest BCUT2D eigenvalue weighted by Crippen LogP contribution is -2.44. The van der Waals surface area contributed by atoms with E-state index in [1.54, 1.807) is 0 Å². The van der Waals surface area contributed by atoms with E-state index in [4.69, 9.17) is 0 Å². The smallest absolute Gasteiger partial charge is 0.227 e. The van der Waals surface area contributed by atoms with Crippen molar-refractivity contribution in [3.05, 3.63) is 23.8 Å². The number of hydrogen-bond acceptors (Lipinski definition) is 3. The van der Waals surface area contributed by atoms with Crippen molar-refractivity contribution in [2.24, 2.45) is 17.8 Å². The minimum absolute atomic E-state index is 0.0502. The van der Waals surface area contributed by atoms with Gasteiger partial charge in [-0.15, -0.1) is 0 Å². The zero-order chi connectivity index (χ0) is 23.1. The van der Waals surface area contributed by atoms with Crippen LogP contribution in [0.25, 0.3) is 0 Å². The maximum absolute atomic E-state index is 13.4. The molecule has 0 aliphatic heterocycles. The molecule has 2 rings (SSSR count). The number of carbonyl (C=O) groups is 2. The van der Waals surface area contributed by atoms with Gasteiger partial charge in [0.05, 0.1) is 0 Å². The van der Waals surface area contributed by atoms with E-state index in [2.05, 4.69) is 57.0 Å². The molecule has 174 valence electrons. The molecular weight excluding hydrogens is 386 g/mol. The van der Waals surface area contributed by atoms with Gasteiger partial charge in [0.1, 0.15) is 0 Å². The molecule has 0 saturated heterocycles. The number of anilines is 2. The van der Waals surface area contributed by atoms with Crippen LogP contribution in [0.15, 0.2) is 18.2 Å². The number of benzene rings is 1. The second-order valence-corrected chi connectivity index (χ2v) is 9.67. The predicted octanol–water partition coefficient (Wildman–Crippen LogP) is 5.69. The lowest BCUT2D eigenvalue weighted by atomic mass is 9.96. The van der Waals surface area contributed by atoms with Crippen molar-refractivity contribution in [2.45, 2.75) is 85.7 Å². The Morgan fingerprint density at radius 1 is 1.06 bits per heavy atom. The van der Waals surface area contributed by atoms with Gasteiger partial charge in [-0.2, -0.15) is 0 Å². The molecule has 1 N–H and O–H groups in total. The molecule has 0 bridgehead atoms. The number of amides is 2. The summed E-state index contributed by atoms with van der Waals surface area (Å²) >= 11 is 0. The highest BCUT2D eigenvalue weighted by Gasteiger charge is 2.28. The SMILES string of the molecule is CCC(CC)C(=O)N(Cc1cc(NC(=O)C2CCCC2)ccc1N(C)C)[C@@H](C)C(C)C. The summed E-state index contributed by atoms with van der Waals surface area (Å²) in [7, 11) is 4.04. The van der Waals surface area contributed by atoms with Crippen molar-refractivity contribution < 1.29 is 9.59 Å². The lowest BCUT2D eigenvalue weighted by Gasteiger charge is -2.35. The van der Waals surface area contributed by atoms with Gasteiger partial charge in [-0.25, -0.2) is 0 Å². The Morgan fingerprint density at radius 3 is 2.19 bits per heavy atom. The molecule has 1 atom stereocenters. The predicted molar refractivity (Wildman–Crippen MR) is 130 cm³/mol. The highest BCUT2D eigenvalue weighted by molar-refractivity contribution is 5.93. The first kappa shape index (κ1) is 25.2. The van der Waals surface area contributed by atoms with Crippen LogP contribution >= 0.6 is 0 Å². The maximum Gasteiger partial charge on any atom is 0.227 e. The van der Waals surface area contributed by atoms with Crippen LogP contribution in [0.5, 0.6) is 0 Å². The first-order valence-corrected chi connectivity index (χ1v) is 12.1. The Kier molecular flexibility index (Phi) is 9.39. The van der Waals surface area contributed by atoms with Crippen LogP contribution in [0.3, 0.4) is 0 Å². The van der Waals surface area contributed by atoms with Gasteiger partial charge in [0.15, 0.2) is 0 Å². The first-order chi connectivity index (χ1) is 14.7. The second-order valence-electron chi connectivity index (χ2n) is 9.67. The fourth-order valence-electron chi connectivity index (χ4n) is 4.50. The minimum Gasteiger partial charge on any atom is -0.377 e. The van der Waals surface area contributed by atoms with E-state index in [9.17, 15) is 9.59 Å². The van der Waals surface area contributed by atoms with Gasteiger partial charge in [0.25, 0.3) is 0 Å². The number of hydrogen-bond donors (Lipinski definition) is 1. The molecule has 1 aliphatic rings. The largest absolute Gasteiger partial charge is 0.377 e. The van der Waals surface area contributed by atoms with Crippen molar-refractivity contribution >= 4 is 23.2 Å². The summed E-state index contributed by atoms with van der Waals surface area (Å²) in [5, 5.41) is 3.13. The van der Waals surface area contributed by atoms with Crippen molar-refractivity contribution in [1.82, 2.24) is 4.90 Å². The third-order valence-electron chi connectivity index (χ3n) is 6.97. The van der Waals surface area contributed by atoms with Gasteiger partial charge in [0, 0.05) is 49.9 Å². The van der Waals surface area contributed by atoms with Crippen LogP contribution in [0, 0.1) is 17.8 Å². The summed E-state index contributed by atoms with van der Waals surface area (Å²) in [5.41, 5.74) is 2.97. The Hall–Kier alpha value is -2.04. The number of nitrogens with one attached hydrogen (secondary N) is 1. The zero-order valence-corrected chi connectivity index (χ0v) is 20.7. The summed E-state index contributed by atoms with van der Waals surface area (Å²) in [4.78, 5) is 30.2. The molecular formula is C26H43N3O2. The fourth-order valence-corrected chi connectivity index (χ4v) is 4.50. The van der Waals surface area contributed by atoms with Crippen molar-refractivity contribution in [3.8, 4) is 0 Å². The van der Waals surface area contributed by atoms with E-state index in [-0.39, 0.29) is 29.7 Å². The van der Waals surface area contributed by atoms with Crippen LogP contribution in [-0.2, 0) is 16.1 Å². The maximum atomic E-state index is 13.4. The Labute approximate surface area is 189 Å². The number of nitrogens with zero attached hydrogens (tertiary/aromatic N) is 2. The zero-order valence-electron chi connectivity index (χ0n) is 20.7. The quantitative estimate of drug-likeness (QED) is 0.520. The van der Waals surface area contributed by atoms with Gasteiger partial charge < -0.3 is 15.1 Å². The normalized spacial score (nSPS) is 15.4. The molecule has 0 radical (unpaired) electrons. The molecule has 0 heterocycles. The van der Waals surface area contributed by atoms with Crippen LogP contribution in [0.1, 0.15) is 78.7 Å². The average molecular weight is 430 g/mol. The molecule has 31 heavy (non-hydrogen) atoms. The van der Waals surface area contributed by atoms with Crippen LogP contribution in [0.4, 0.5) is 11.4 Å². The van der Waals surface area contributed by atoms with Crippen LogP contribution in [0.2, 0.25) is 0 Å². The molecule has 1 aliphatic carbocycles. The van der Waals surface area contributed by atoms with E-state index in [0.29, 0.717) is 12.5 Å². The van der Waals surface area contributed by atoms with E-state index in [1.807, 2.05) is 25.1 Å². The van der Waals surface area contributed by atoms with Gasteiger partial charge in [-0.1, -0.05) is 40.5 Å². The lowest BCUT2D eigenvalue weighted by molar-refractivity contribution is -0.139. The van der Waals surface area contributed by atoms with Crippen LogP contribution < -0.4 is 10.2 Å². The minimum atomic E-state index is 0.0502. The summed E-state index contributed by atoms with van der Waals surface area (Å²) in [6, 6.07) is 6.23. The van der Waals surface area contributed by atoms with E-state index >= 15 is 0 Å². The highest BCUT2D eigenvalue weighted by Crippen LogP contribution is 2.30. The molecule has 1 aromatic rings. The van der Waals surface area contributed by atoms with Gasteiger partial charge in [0.2, 0.25) is 11.8 Å². The highest BCUT2D eigenvalue weighted by atomic mass is 16.2. The summed E-state index contributed by atoms with van der Waals surface area (Å²) in [6.45, 7) is 11.2. The van der Waals surface area contributed by atoms with Crippen molar-refractivity contribution in [2.75, 3.05) is 24.3 Å². The number of rotatable bonds is 10. The fraction of sp³-hybridized carbons (Fsp3) is 0.692. The molecule has 1 aromatic carbocycles. The summed E-state index contributed by atoms with van der Waals surface area (Å²) in [5.74, 6) is 0.907. The first-order valence-electron chi connectivity index (χ1n) is 12.1. The van der Waals surface area contributed by atoms with Gasteiger partial charge in [-0.05, 0) is 62.3 Å². The van der Waals surface area contributed by atoms with Crippen molar-refractivity contribution in [3.63, 3.8) is 0 Å². The molecule has 1 saturated carbocycles. The van der Waals surface area contributed by atoms with E-state index in [1.165, 1.54) is 0 Å². The molecule has 5 heteroatoms. The third kappa shape index (κ3) is 6.47. The molecule has 0 aromatic heterocycles. The molecule has 0 spiro atoms. The average Bonchev–Trinajstić information content (AvgIpc) is 3.27. The van der Waals surface area contributed by atoms with Crippen molar-refractivity contribution in [1.29, 1.82) is 0 Å². The van der Waals surface area contributed by atoms with Gasteiger partial charge in [-0.3, -0.25) is 9.59 Å².